The van der Waals surface area contributed by atoms with Crippen molar-refractivity contribution in [1.82, 2.24) is 0 Å². The third kappa shape index (κ3) is 2.92. The van der Waals surface area contributed by atoms with Crippen molar-refractivity contribution < 1.29 is 9.90 Å². The predicted octanol–water partition coefficient (Wildman–Crippen LogP) is 3.66. The molecule has 0 aromatic heterocycles. The second-order valence-corrected chi connectivity index (χ2v) is 4.55. The van der Waals surface area contributed by atoms with E-state index in [0.29, 0.717) is 11.1 Å². The van der Waals surface area contributed by atoms with Crippen LogP contribution in [0.2, 0.25) is 0 Å². The first-order chi connectivity index (χ1) is 10.2. The summed E-state index contributed by atoms with van der Waals surface area (Å²) in [6.07, 6.45) is 5.07. The van der Waals surface area contributed by atoms with Crippen molar-refractivity contribution >= 4 is 12.2 Å². The average Bonchev–Trinajstić information content (AvgIpc) is 2.53. The number of benzene rings is 2. The molecule has 0 bridgehead atoms. The lowest BCUT2D eigenvalue weighted by Crippen LogP contribution is -2.35. The highest BCUT2D eigenvalue weighted by Crippen LogP contribution is 2.34. The fourth-order valence-corrected chi connectivity index (χ4v) is 2.22. The van der Waals surface area contributed by atoms with Crippen LogP contribution in [0.25, 0.3) is 0 Å². The lowest BCUT2D eigenvalue weighted by Gasteiger charge is -2.26. The molecule has 106 valence electrons. The topological polar surface area (TPSA) is 49.7 Å². The van der Waals surface area contributed by atoms with Crippen molar-refractivity contribution in [3.63, 3.8) is 0 Å². The fourth-order valence-electron chi connectivity index (χ4n) is 2.22. The number of aliphatic carboxylic acids is 1. The first kappa shape index (κ1) is 14.7. The van der Waals surface area contributed by atoms with Crippen molar-refractivity contribution in [1.29, 1.82) is 0 Å². The Kier molecular flexibility index (Phi) is 4.67. The van der Waals surface area contributed by atoms with Crippen LogP contribution in [0.3, 0.4) is 0 Å². The number of carboxylic acids is 1. The Labute approximate surface area is 124 Å². The van der Waals surface area contributed by atoms with Crippen LogP contribution in [0.5, 0.6) is 0 Å². The van der Waals surface area contributed by atoms with Crippen LogP contribution in [0, 0.1) is 0 Å². The zero-order valence-corrected chi connectivity index (χ0v) is 11.8. The van der Waals surface area contributed by atoms with E-state index in [1.54, 1.807) is 30.3 Å². The minimum atomic E-state index is -1.43. The van der Waals surface area contributed by atoms with Gasteiger partial charge in [-0.2, -0.15) is 0 Å². The summed E-state index contributed by atoms with van der Waals surface area (Å²) < 4.78 is 0. The first-order valence-corrected chi connectivity index (χ1v) is 6.72. The standard InChI is InChI=1S/C18H17NO2/c1-2-3-14-19-18(17(20)21,15-10-6-4-7-11-15)16-12-8-5-9-13-16/h2-14H,1H3,(H,20,21)/b3-2+,19-14?. The summed E-state index contributed by atoms with van der Waals surface area (Å²) >= 11 is 0. The molecule has 2 aromatic carbocycles. The van der Waals surface area contributed by atoms with Crippen molar-refractivity contribution in [2.45, 2.75) is 12.5 Å². The molecule has 0 atom stereocenters. The number of hydrogen-bond acceptors (Lipinski definition) is 2. The van der Waals surface area contributed by atoms with E-state index >= 15 is 0 Å². The number of rotatable bonds is 5. The maximum Gasteiger partial charge on any atom is 0.340 e. The number of carboxylic acid groups (broad SMARTS) is 1. The van der Waals surface area contributed by atoms with Gasteiger partial charge in [-0.05, 0) is 24.1 Å². The number of carbonyl (C=O) groups is 1. The van der Waals surface area contributed by atoms with Crippen LogP contribution < -0.4 is 0 Å². The fraction of sp³-hybridized carbons (Fsp3) is 0.111. The highest BCUT2D eigenvalue weighted by atomic mass is 16.4. The van der Waals surface area contributed by atoms with E-state index in [1.165, 1.54) is 6.21 Å². The van der Waals surface area contributed by atoms with E-state index in [4.69, 9.17) is 0 Å². The van der Waals surface area contributed by atoms with E-state index in [2.05, 4.69) is 4.99 Å². The lowest BCUT2D eigenvalue weighted by molar-refractivity contribution is -0.141. The largest absolute Gasteiger partial charge is 0.479 e. The quantitative estimate of drug-likeness (QED) is 0.849. The molecule has 21 heavy (non-hydrogen) atoms. The highest BCUT2D eigenvalue weighted by molar-refractivity contribution is 5.88. The summed E-state index contributed by atoms with van der Waals surface area (Å²) in [6.45, 7) is 1.86. The molecule has 3 nitrogen and oxygen atoms in total. The first-order valence-electron chi connectivity index (χ1n) is 6.72. The minimum Gasteiger partial charge on any atom is -0.479 e. The number of allylic oxidation sites excluding steroid dienone is 2. The van der Waals surface area contributed by atoms with Gasteiger partial charge in [0, 0.05) is 6.21 Å². The van der Waals surface area contributed by atoms with Crippen molar-refractivity contribution in [2.24, 2.45) is 4.99 Å². The van der Waals surface area contributed by atoms with E-state index in [-0.39, 0.29) is 0 Å². The summed E-state index contributed by atoms with van der Waals surface area (Å²) in [4.78, 5) is 16.5. The molecule has 3 heteroatoms. The SMILES string of the molecule is C/C=C/C=NC(C(=O)O)(c1ccccc1)c1ccccc1. The number of hydrogen-bond donors (Lipinski definition) is 1. The third-order valence-corrected chi connectivity index (χ3v) is 3.24. The highest BCUT2D eigenvalue weighted by Gasteiger charge is 2.41. The van der Waals surface area contributed by atoms with Gasteiger partial charge in [0.05, 0.1) is 0 Å². The zero-order chi connectivity index (χ0) is 15.1. The number of aliphatic imine (C=N–C) groups is 1. The molecule has 0 heterocycles. The van der Waals surface area contributed by atoms with Gasteiger partial charge in [-0.3, -0.25) is 4.99 Å². The molecule has 0 fully saturated rings. The monoisotopic (exact) mass is 279 g/mol. The van der Waals surface area contributed by atoms with Crippen LogP contribution >= 0.6 is 0 Å². The van der Waals surface area contributed by atoms with E-state index in [0.717, 1.165) is 0 Å². The maximum atomic E-state index is 12.1. The van der Waals surface area contributed by atoms with Gasteiger partial charge in [0.15, 0.2) is 0 Å². The lowest BCUT2D eigenvalue weighted by atomic mass is 9.83. The molecule has 0 radical (unpaired) electrons. The Bertz CT molecular complexity index is 606. The summed E-state index contributed by atoms with van der Waals surface area (Å²) in [5.41, 5.74) is -0.170. The minimum absolute atomic E-state index is 0.629. The Balaban J connectivity index is 2.69. The molecule has 1 N–H and O–H groups in total. The molecule has 2 rings (SSSR count). The third-order valence-electron chi connectivity index (χ3n) is 3.24. The van der Waals surface area contributed by atoms with Gasteiger partial charge in [-0.15, -0.1) is 0 Å². The van der Waals surface area contributed by atoms with Crippen LogP contribution in [0.4, 0.5) is 0 Å². The van der Waals surface area contributed by atoms with Crippen molar-refractivity contribution in [3.05, 3.63) is 83.9 Å². The molecule has 0 saturated heterocycles. The van der Waals surface area contributed by atoms with Crippen LogP contribution in [-0.2, 0) is 10.3 Å². The Morgan fingerprint density at radius 1 is 1.00 bits per heavy atom. The Morgan fingerprint density at radius 3 is 1.86 bits per heavy atom. The Hall–Kier alpha value is -2.68. The second kappa shape index (κ2) is 6.66. The van der Waals surface area contributed by atoms with Crippen LogP contribution in [0.15, 0.2) is 77.8 Å². The van der Waals surface area contributed by atoms with Crippen molar-refractivity contribution in [2.75, 3.05) is 0 Å². The van der Waals surface area contributed by atoms with Crippen LogP contribution in [-0.4, -0.2) is 17.3 Å². The van der Waals surface area contributed by atoms with E-state index < -0.39 is 11.5 Å². The van der Waals surface area contributed by atoms with E-state index in [9.17, 15) is 9.90 Å². The molecule has 0 aliphatic heterocycles. The van der Waals surface area contributed by atoms with Gasteiger partial charge in [-0.25, -0.2) is 4.79 Å². The molecule has 0 spiro atoms. The Morgan fingerprint density at radius 2 is 1.48 bits per heavy atom. The summed E-state index contributed by atoms with van der Waals surface area (Å²) in [5, 5.41) is 9.89. The smallest absolute Gasteiger partial charge is 0.340 e. The van der Waals surface area contributed by atoms with Gasteiger partial charge in [-0.1, -0.05) is 66.7 Å². The molecule has 0 unspecified atom stereocenters. The zero-order valence-electron chi connectivity index (χ0n) is 11.8. The molecule has 0 amide bonds. The van der Waals surface area contributed by atoms with Gasteiger partial charge in [0.1, 0.15) is 0 Å². The van der Waals surface area contributed by atoms with Gasteiger partial charge < -0.3 is 5.11 Å². The predicted molar refractivity (Wildman–Crippen MR) is 84.6 cm³/mol. The van der Waals surface area contributed by atoms with E-state index in [1.807, 2.05) is 49.4 Å². The van der Waals surface area contributed by atoms with Gasteiger partial charge in [0.2, 0.25) is 5.54 Å². The molecule has 0 saturated carbocycles. The van der Waals surface area contributed by atoms with Gasteiger partial charge >= 0.3 is 5.97 Å². The molecule has 2 aromatic rings. The molecular weight excluding hydrogens is 262 g/mol. The van der Waals surface area contributed by atoms with Crippen molar-refractivity contribution in [3.8, 4) is 0 Å². The summed E-state index contributed by atoms with van der Waals surface area (Å²) in [5.74, 6) is -0.999. The summed E-state index contributed by atoms with van der Waals surface area (Å²) in [6, 6.07) is 18.1. The summed E-state index contributed by atoms with van der Waals surface area (Å²) in [7, 11) is 0. The molecular formula is C18H17NO2. The normalized spacial score (nSPS) is 12.0. The average molecular weight is 279 g/mol. The van der Waals surface area contributed by atoms with Gasteiger partial charge in [0.25, 0.3) is 0 Å². The number of nitrogens with zero attached hydrogens (tertiary/aromatic N) is 1. The molecule has 0 aliphatic rings. The molecule has 0 aliphatic carbocycles. The second-order valence-electron chi connectivity index (χ2n) is 4.55. The maximum absolute atomic E-state index is 12.1. The van der Waals surface area contributed by atoms with Crippen LogP contribution in [0.1, 0.15) is 18.1 Å².